The van der Waals surface area contributed by atoms with E-state index < -0.39 is 15.9 Å². The highest BCUT2D eigenvalue weighted by Crippen LogP contribution is 2.15. The number of carbonyl (C=O) groups excluding carboxylic acids is 1. The number of β-amino-alcohol motifs (C(OH)–C–C–N with tert-alkyl or cyclic N) is 1. The largest absolute Gasteiger partial charge is 0.391 e. The molecule has 0 aromatic rings. The van der Waals surface area contributed by atoms with E-state index in [9.17, 15) is 18.3 Å². The third kappa shape index (κ3) is 2.95. The molecule has 1 saturated heterocycles. The van der Waals surface area contributed by atoms with Crippen LogP contribution >= 0.6 is 0 Å². The molecule has 1 heterocycles. The normalized spacial score (nSPS) is 25.5. The molecular weight excluding hydrogens is 206 g/mol. The monoisotopic (exact) mass is 221 g/mol. The number of likely N-dealkylation sites (tertiary alicyclic amines) is 1. The van der Waals surface area contributed by atoms with Crippen LogP contribution in [0.1, 0.15) is 13.3 Å². The minimum Gasteiger partial charge on any atom is -0.391 e. The van der Waals surface area contributed by atoms with Crippen molar-refractivity contribution in [3.05, 3.63) is 0 Å². The van der Waals surface area contributed by atoms with Crippen molar-refractivity contribution in [2.75, 3.05) is 18.6 Å². The van der Waals surface area contributed by atoms with Crippen molar-refractivity contribution in [3.63, 3.8) is 0 Å². The quantitative estimate of drug-likeness (QED) is 0.664. The standard InChI is InChI=1S/C8H15NO4S/c1-6(5-14(2,12)13)9-4-7(10)3-8(9)11/h6-7,10H,3-5H2,1-2H3. The van der Waals surface area contributed by atoms with Gasteiger partial charge < -0.3 is 10.0 Å². The molecule has 14 heavy (non-hydrogen) atoms. The van der Waals surface area contributed by atoms with Crippen LogP contribution in [0.3, 0.4) is 0 Å². The number of amides is 1. The summed E-state index contributed by atoms with van der Waals surface area (Å²) in [7, 11) is -3.08. The Balaban J connectivity index is 2.62. The van der Waals surface area contributed by atoms with Crippen LogP contribution in [0, 0.1) is 0 Å². The number of aliphatic hydroxyl groups excluding tert-OH is 1. The minimum atomic E-state index is -3.08. The number of hydrogen-bond donors (Lipinski definition) is 1. The summed E-state index contributed by atoms with van der Waals surface area (Å²) in [4.78, 5) is 12.7. The number of nitrogens with zero attached hydrogens (tertiary/aromatic N) is 1. The first-order valence-electron chi connectivity index (χ1n) is 4.45. The zero-order chi connectivity index (χ0) is 10.9. The van der Waals surface area contributed by atoms with Crippen molar-refractivity contribution in [1.82, 2.24) is 4.90 Å². The molecular formula is C8H15NO4S. The average molecular weight is 221 g/mol. The average Bonchev–Trinajstić information content (AvgIpc) is 2.26. The van der Waals surface area contributed by atoms with E-state index in [2.05, 4.69) is 0 Å². The summed E-state index contributed by atoms with van der Waals surface area (Å²) in [5, 5.41) is 9.21. The molecule has 5 nitrogen and oxygen atoms in total. The molecule has 0 aliphatic carbocycles. The summed E-state index contributed by atoms with van der Waals surface area (Å²) in [6, 6.07) is -0.352. The fraction of sp³-hybridized carbons (Fsp3) is 0.875. The van der Waals surface area contributed by atoms with Gasteiger partial charge in [-0.3, -0.25) is 4.79 Å². The van der Waals surface area contributed by atoms with E-state index >= 15 is 0 Å². The van der Waals surface area contributed by atoms with E-state index in [1.165, 1.54) is 4.90 Å². The van der Waals surface area contributed by atoms with Crippen LogP contribution in [0.25, 0.3) is 0 Å². The summed E-state index contributed by atoms with van der Waals surface area (Å²) in [6.45, 7) is 1.92. The van der Waals surface area contributed by atoms with Gasteiger partial charge in [-0.1, -0.05) is 0 Å². The maximum absolute atomic E-state index is 11.3. The summed E-state index contributed by atoms with van der Waals surface area (Å²) in [5.74, 6) is -0.223. The molecule has 1 N–H and O–H groups in total. The Bertz CT molecular complexity index is 324. The molecule has 82 valence electrons. The highest BCUT2D eigenvalue weighted by Gasteiger charge is 2.32. The molecule has 1 aliphatic heterocycles. The van der Waals surface area contributed by atoms with Gasteiger partial charge >= 0.3 is 0 Å². The molecule has 0 saturated carbocycles. The Morgan fingerprint density at radius 3 is 2.57 bits per heavy atom. The Morgan fingerprint density at radius 2 is 2.21 bits per heavy atom. The highest BCUT2D eigenvalue weighted by molar-refractivity contribution is 7.90. The third-order valence-corrected chi connectivity index (χ3v) is 3.30. The van der Waals surface area contributed by atoms with Crippen LogP contribution in [0.4, 0.5) is 0 Å². The van der Waals surface area contributed by atoms with Crippen molar-refractivity contribution in [3.8, 4) is 0 Å². The summed E-state index contributed by atoms with van der Waals surface area (Å²) < 4.78 is 22.0. The lowest BCUT2D eigenvalue weighted by molar-refractivity contribution is -0.129. The highest BCUT2D eigenvalue weighted by atomic mass is 32.2. The van der Waals surface area contributed by atoms with Crippen LogP contribution in [0.15, 0.2) is 0 Å². The molecule has 2 atom stereocenters. The van der Waals surface area contributed by atoms with E-state index in [-0.39, 0.29) is 30.7 Å². The van der Waals surface area contributed by atoms with Crippen molar-refractivity contribution < 1.29 is 18.3 Å². The smallest absolute Gasteiger partial charge is 0.225 e. The lowest BCUT2D eigenvalue weighted by Gasteiger charge is -2.23. The van der Waals surface area contributed by atoms with Crippen molar-refractivity contribution in [2.24, 2.45) is 0 Å². The molecule has 0 radical (unpaired) electrons. The van der Waals surface area contributed by atoms with Gasteiger partial charge in [-0.05, 0) is 6.92 Å². The molecule has 6 heteroatoms. The molecule has 1 aliphatic rings. The molecule has 1 amide bonds. The van der Waals surface area contributed by atoms with Gasteiger partial charge in [-0.2, -0.15) is 0 Å². The zero-order valence-electron chi connectivity index (χ0n) is 8.30. The Morgan fingerprint density at radius 1 is 1.64 bits per heavy atom. The molecule has 0 bridgehead atoms. The van der Waals surface area contributed by atoms with Gasteiger partial charge in [-0.25, -0.2) is 8.42 Å². The SMILES string of the molecule is CC(CS(C)(=O)=O)N1CC(O)CC1=O. The van der Waals surface area contributed by atoms with Crippen LogP contribution < -0.4 is 0 Å². The van der Waals surface area contributed by atoms with Gasteiger partial charge in [0.15, 0.2) is 0 Å². The molecule has 1 rings (SSSR count). The Kier molecular flexibility index (Phi) is 3.16. The van der Waals surface area contributed by atoms with E-state index in [1.54, 1.807) is 6.92 Å². The number of rotatable bonds is 3. The maximum Gasteiger partial charge on any atom is 0.225 e. The van der Waals surface area contributed by atoms with Crippen LogP contribution in [0.5, 0.6) is 0 Å². The second-order valence-corrected chi connectivity index (χ2v) is 6.03. The zero-order valence-corrected chi connectivity index (χ0v) is 9.12. The number of aliphatic hydroxyl groups is 1. The predicted molar refractivity (Wildman–Crippen MR) is 51.5 cm³/mol. The molecule has 0 aromatic heterocycles. The lowest BCUT2D eigenvalue weighted by Crippen LogP contribution is -2.39. The van der Waals surface area contributed by atoms with Crippen molar-refractivity contribution >= 4 is 15.7 Å². The van der Waals surface area contributed by atoms with Crippen molar-refractivity contribution in [1.29, 1.82) is 0 Å². The fourth-order valence-electron chi connectivity index (χ4n) is 1.67. The van der Waals surface area contributed by atoms with Gasteiger partial charge in [0.25, 0.3) is 0 Å². The van der Waals surface area contributed by atoms with Crippen LogP contribution in [-0.2, 0) is 14.6 Å². The number of sulfone groups is 1. The van der Waals surface area contributed by atoms with E-state index in [0.29, 0.717) is 0 Å². The number of carbonyl (C=O) groups is 1. The number of hydrogen-bond acceptors (Lipinski definition) is 4. The van der Waals surface area contributed by atoms with Crippen molar-refractivity contribution in [2.45, 2.75) is 25.5 Å². The first-order valence-corrected chi connectivity index (χ1v) is 6.51. The predicted octanol–water partition coefficient (Wildman–Crippen LogP) is -0.987. The summed E-state index contributed by atoms with van der Waals surface area (Å²) in [6.07, 6.45) is 0.596. The Labute approximate surface area is 83.6 Å². The van der Waals surface area contributed by atoms with Crippen LogP contribution in [0.2, 0.25) is 0 Å². The summed E-state index contributed by atoms with van der Waals surface area (Å²) >= 11 is 0. The van der Waals surface area contributed by atoms with Gasteiger partial charge in [-0.15, -0.1) is 0 Å². The lowest BCUT2D eigenvalue weighted by atomic mass is 10.3. The molecule has 2 unspecified atom stereocenters. The van der Waals surface area contributed by atoms with Crippen LogP contribution in [-0.4, -0.2) is 55.0 Å². The molecule has 0 aromatic carbocycles. The van der Waals surface area contributed by atoms with E-state index in [0.717, 1.165) is 6.26 Å². The van der Waals surface area contributed by atoms with Gasteiger partial charge in [0.05, 0.1) is 18.3 Å². The first-order chi connectivity index (χ1) is 6.29. The van der Waals surface area contributed by atoms with Gasteiger partial charge in [0.1, 0.15) is 9.84 Å². The van der Waals surface area contributed by atoms with Gasteiger partial charge in [0, 0.05) is 18.8 Å². The second kappa shape index (κ2) is 3.86. The third-order valence-electron chi connectivity index (χ3n) is 2.21. The van der Waals surface area contributed by atoms with E-state index in [4.69, 9.17) is 0 Å². The Hall–Kier alpha value is -0.620. The molecule has 0 spiro atoms. The minimum absolute atomic E-state index is 0.0501. The molecule has 1 fully saturated rings. The summed E-state index contributed by atoms with van der Waals surface area (Å²) in [5.41, 5.74) is 0. The topological polar surface area (TPSA) is 74.7 Å². The van der Waals surface area contributed by atoms with E-state index in [1.807, 2.05) is 0 Å². The maximum atomic E-state index is 11.3. The fourth-order valence-corrected chi connectivity index (χ4v) is 2.72. The first kappa shape index (κ1) is 11.5. The second-order valence-electron chi connectivity index (χ2n) is 3.85. The van der Waals surface area contributed by atoms with Gasteiger partial charge in [0.2, 0.25) is 5.91 Å².